The molecule has 0 heterocycles. The Morgan fingerprint density at radius 2 is 1.57 bits per heavy atom. The minimum absolute atomic E-state index is 0.273. The van der Waals surface area contributed by atoms with E-state index in [4.69, 9.17) is 4.74 Å². The van der Waals surface area contributed by atoms with Gasteiger partial charge in [0.2, 0.25) is 0 Å². The highest BCUT2D eigenvalue weighted by atomic mass is 19.4. The number of carbonyl (C=O) groups excluding carboxylic acids is 2. The van der Waals surface area contributed by atoms with Gasteiger partial charge in [-0.1, -0.05) is 0 Å². The highest BCUT2D eigenvalue weighted by molar-refractivity contribution is 6.03. The maximum Gasteiger partial charge on any atom is 0.416 e. The van der Waals surface area contributed by atoms with E-state index < -0.39 is 34.8 Å². The summed E-state index contributed by atoms with van der Waals surface area (Å²) >= 11 is 0. The summed E-state index contributed by atoms with van der Waals surface area (Å²) in [6.45, 7) is 4.81. The number of hydrogen-bond acceptors (Lipinski definition) is 4. The summed E-state index contributed by atoms with van der Waals surface area (Å²) < 4.78 is 47.5. The van der Waals surface area contributed by atoms with Crippen LogP contribution in [0.2, 0.25) is 0 Å². The van der Waals surface area contributed by atoms with Gasteiger partial charge in [-0.05, 0) is 39.0 Å². The van der Waals surface area contributed by atoms with Crippen LogP contribution in [0.5, 0.6) is 0 Å². The van der Waals surface area contributed by atoms with Gasteiger partial charge in [0, 0.05) is 0 Å². The smallest absolute Gasteiger partial charge is 0.416 e. The lowest BCUT2D eigenvalue weighted by Gasteiger charge is -2.20. The molecule has 1 aromatic rings. The van der Waals surface area contributed by atoms with Crippen molar-refractivity contribution in [3.63, 3.8) is 0 Å². The number of halogens is 3. The van der Waals surface area contributed by atoms with Gasteiger partial charge >= 0.3 is 18.1 Å². The van der Waals surface area contributed by atoms with Crippen LogP contribution in [0.1, 0.15) is 47.1 Å². The lowest BCUT2D eigenvalue weighted by molar-refractivity contribution is -0.137. The van der Waals surface area contributed by atoms with Gasteiger partial charge in [0.15, 0.2) is 0 Å². The average molecular weight is 304 g/mol. The van der Waals surface area contributed by atoms with Crippen LogP contribution in [0, 0.1) is 0 Å². The molecule has 7 heteroatoms. The van der Waals surface area contributed by atoms with Crippen molar-refractivity contribution in [1.29, 1.82) is 0 Å². The minimum Gasteiger partial charge on any atom is -0.465 e. The first-order valence-electron chi connectivity index (χ1n) is 5.98. The van der Waals surface area contributed by atoms with Gasteiger partial charge in [0.05, 0.1) is 23.8 Å². The maximum atomic E-state index is 12.7. The Hall–Kier alpha value is -2.05. The molecule has 0 saturated carbocycles. The number of rotatable bonds is 2. The Balaban J connectivity index is 3.32. The van der Waals surface area contributed by atoms with E-state index in [0.717, 1.165) is 13.2 Å². The maximum absolute atomic E-state index is 12.7. The van der Waals surface area contributed by atoms with Crippen molar-refractivity contribution in [3.8, 4) is 0 Å². The van der Waals surface area contributed by atoms with Crippen LogP contribution in [0.15, 0.2) is 18.2 Å². The molecule has 0 saturated heterocycles. The highest BCUT2D eigenvalue weighted by Gasteiger charge is 2.33. The van der Waals surface area contributed by atoms with E-state index in [1.165, 1.54) is 0 Å². The zero-order valence-corrected chi connectivity index (χ0v) is 12.0. The molecule has 0 aromatic heterocycles. The van der Waals surface area contributed by atoms with Crippen LogP contribution in [0.25, 0.3) is 0 Å². The van der Waals surface area contributed by atoms with Crippen molar-refractivity contribution in [3.05, 3.63) is 34.9 Å². The predicted molar refractivity (Wildman–Crippen MR) is 68.0 cm³/mol. The molecule has 0 atom stereocenters. The van der Waals surface area contributed by atoms with Crippen molar-refractivity contribution in [2.24, 2.45) is 0 Å². The van der Waals surface area contributed by atoms with E-state index in [2.05, 4.69) is 4.74 Å². The van der Waals surface area contributed by atoms with Gasteiger partial charge in [-0.2, -0.15) is 13.2 Å². The third kappa shape index (κ3) is 4.47. The third-order valence-electron chi connectivity index (χ3n) is 2.37. The molecule has 0 fully saturated rings. The lowest BCUT2D eigenvalue weighted by atomic mass is 10.0. The Morgan fingerprint density at radius 3 is 2.00 bits per heavy atom. The third-order valence-corrected chi connectivity index (χ3v) is 2.37. The summed E-state index contributed by atoms with van der Waals surface area (Å²) in [5.41, 5.74) is -2.64. The predicted octanol–water partition coefficient (Wildman–Crippen LogP) is 3.45. The number of ether oxygens (including phenoxy) is 2. The van der Waals surface area contributed by atoms with Gasteiger partial charge in [-0.25, -0.2) is 9.59 Å². The fraction of sp³-hybridized carbons (Fsp3) is 0.429. The first-order valence-corrected chi connectivity index (χ1v) is 5.98. The van der Waals surface area contributed by atoms with Crippen LogP contribution in [0.3, 0.4) is 0 Å². The summed E-state index contributed by atoms with van der Waals surface area (Å²) in [6.07, 6.45) is -4.63. The van der Waals surface area contributed by atoms with Gasteiger partial charge in [-0.3, -0.25) is 0 Å². The first-order chi connectivity index (χ1) is 9.45. The minimum atomic E-state index is -4.63. The molecule has 0 spiro atoms. The number of alkyl halides is 3. The first kappa shape index (κ1) is 17.0. The van der Waals surface area contributed by atoms with E-state index in [9.17, 15) is 22.8 Å². The highest BCUT2D eigenvalue weighted by Crippen LogP contribution is 2.31. The Kier molecular flexibility index (Phi) is 4.65. The van der Waals surface area contributed by atoms with E-state index in [1.54, 1.807) is 20.8 Å². The van der Waals surface area contributed by atoms with Crippen LogP contribution in [-0.4, -0.2) is 24.6 Å². The standard InChI is InChI=1S/C14H15F3O4/c1-13(2,3)21-12(19)9-6-5-8(14(15,16)17)7-10(9)11(18)20-4/h5-7H,1-4H3. The molecule has 0 N–H and O–H groups in total. The molecule has 1 rings (SSSR count). The van der Waals surface area contributed by atoms with Crippen molar-refractivity contribution in [2.75, 3.05) is 7.11 Å². The van der Waals surface area contributed by atoms with Crippen molar-refractivity contribution < 1.29 is 32.2 Å². The van der Waals surface area contributed by atoms with Crippen LogP contribution in [0.4, 0.5) is 13.2 Å². The molecule has 0 amide bonds. The SMILES string of the molecule is COC(=O)c1cc(C(F)(F)F)ccc1C(=O)OC(C)(C)C. The van der Waals surface area contributed by atoms with Gasteiger partial charge < -0.3 is 9.47 Å². The summed E-state index contributed by atoms with van der Waals surface area (Å²) in [5, 5.41) is 0. The molecule has 0 aliphatic heterocycles. The Labute approximate surface area is 119 Å². The Bertz CT molecular complexity index is 556. The number of carbonyl (C=O) groups is 2. The molecule has 0 aliphatic rings. The summed E-state index contributed by atoms with van der Waals surface area (Å²) in [5.74, 6) is -1.93. The molecule has 1 aromatic carbocycles. The average Bonchev–Trinajstić information content (AvgIpc) is 2.34. The summed E-state index contributed by atoms with van der Waals surface area (Å²) in [7, 11) is 1.02. The molecule has 0 aliphatic carbocycles. The second-order valence-corrected chi connectivity index (χ2v) is 5.25. The van der Waals surface area contributed by atoms with Gasteiger partial charge in [-0.15, -0.1) is 0 Å². The molecule has 0 radical (unpaired) electrons. The van der Waals surface area contributed by atoms with Gasteiger partial charge in [0.25, 0.3) is 0 Å². The number of methoxy groups -OCH3 is 1. The molecule has 0 unspecified atom stereocenters. The molecule has 0 bridgehead atoms. The van der Waals surface area contributed by atoms with Crippen molar-refractivity contribution >= 4 is 11.9 Å². The monoisotopic (exact) mass is 304 g/mol. The number of hydrogen-bond donors (Lipinski definition) is 0. The van der Waals surface area contributed by atoms with Crippen molar-refractivity contribution in [2.45, 2.75) is 32.5 Å². The molecular weight excluding hydrogens is 289 g/mol. The molecule has 4 nitrogen and oxygen atoms in total. The fourth-order valence-corrected chi connectivity index (χ4v) is 1.51. The lowest BCUT2D eigenvalue weighted by Crippen LogP contribution is -2.25. The number of esters is 2. The summed E-state index contributed by atoms with van der Waals surface area (Å²) in [6, 6.07) is 2.19. The van der Waals surface area contributed by atoms with E-state index >= 15 is 0 Å². The van der Waals surface area contributed by atoms with E-state index in [1.807, 2.05) is 0 Å². The van der Waals surface area contributed by atoms with Crippen LogP contribution < -0.4 is 0 Å². The normalized spacial score (nSPS) is 12.0. The summed E-state index contributed by atoms with van der Waals surface area (Å²) in [4.78, 5) is 23.5. The topological polar surface area (TPSA) is 52.6 Å². The fourth-order valence-electron chi connectivity index (χ4n) is 1.51. The van der Waals surface area contributed by atoms with E-state index in [0.29, 0.717) is 12.1 Å². The largest absolute Gasteiger partial charge is 0.465 e. The number of benzene rings is 1. The Morgan fingerprint density at radius 1 is 1.00 bits per heavy atom. The van der Waals surface area contributed by atoms with Crippen LogP contribution >= 0.6 is 0 Å². The van der Waals surface area contributed by atoms with E-state index in [-0.39, 0.29) is 5.56 Å². The van der Waals surface area contributed by atoms with Gasteiger partial charge in [0.1, 0.15) is 5.60 Å². The molecular formula is C14H15F3O4. The second-order valence-electron chi connectivity index (χ2n) is 5.25. The van der Waals surface area contributed by atoms with Crippen molar-refractivity contribution in [1.82, 2.24) is 0 Å². The quantitative estimate of drug-likeness (QED) is 0.785. The second kappa shape index (κ2) is 5.75. The zero-order chi connectivity index (χ0) is 16.4. The zero-order valence-electron chi connectivity index (χ0n) is 12.0. The van der Waals surface area contributed by atoms with Crippen LogP contribution in [-0.2, 0) is 15.7 Å². The molecule has 116 valence electrons. The molecule has 21 heavy (non-hydrogen) atoms.